The molecule has 0 aliphatic carbocycles. The molecular formula is C23H17N5O2. The van der Waals surface area contributed by atoms with Gasteiger partial charge in [0.15, 0.2) is 0 Å². The van der Waals surface area contributed by atoms with Gasteiger partial charge in [-0.25, -0.2) is 4.98 Å². The van der Waals surface area contributed by atoms with Crippen LogP contribution in [0, 0.1) is 0 Å². The van der Waals surface area contributed by atoms with Crippen molar-refractivity contribution in [3.63, 3.8) is 0 Å². The largest absolute Gasteiger partial charge is 0.361 e. The lowest BCUT2D eigenvalue weighted by molar-refractivity contribution is -0.110. The maximum atomic E-state index is 12.5. The van der Waals surface area contributed by atoms with Gasteiger partial charge in [0, 0.05) is 47.1 Å². The molecule has 4 aromatic rings. The first-order valence-corrected chi connectivity index (χ1v) is 9.45. The minimum atomic E-state index is -0.156. The van der Waals surface area contributed by atoms with Gasteiger partial charge >= 0.3 is 0 Å². The Kier molecular flexibility index (Phi) is 4.33. The van der Waals surface area contributed by atoms with E-state index in [9.17, 15) is 9.59 Å². The van der Waals surface area contributed by atoms with Crippen LogP contribution in [0.3, 0.4) is 0 Å². The molecule has 1 amide bonds. The second kappa shape index (κ2) is 7.29. The van der Waals surface area contributed by atoms with E-state index in [0.717, 1.165) is 33.4 Å². The van der Waals surface area contributed by atoms with Crippen molar-refractivity contribution in [1.82, 2.24) is 14.5 Å². The summed E-state index contributed by atoms with van der Waals surface area (Å²) in [7, 11) is 0. The summed E-state index contributed by atoms with van der Waals surface area (Å²) < 4.78 is 1.46. The molecule has 2 N–H and O–H groups in total. The second-order valence-corrected chi connectivity index (χ2v) is 6.95. The van der Waals surface area contributed by atoms with Gasteiger partial charge in [-0.3, -0.25) is 19.1 Å². The maximum absolute atomic E-state index is 12.5. The Balaban J connectivity index is 1.37. The first kappa shape index (κ1) is 17.8. The molecule has 0 atom stereocenters. The first-order valence-electron chi connectivity index (χ1n) is 9.45. The SMILES string of the molecule is O=C1Nc2ccc3ncccc3c2/C1=C/Nc1ccc(CC(=O)n2ccnc2)cc1. The maximum Gasteiger partial charge on any atom is 0.257 e. The highest BCUT2D eigenvalue weighted by atomic mass is 16.2. The van der Waals surface area contributed by atoms with Gasteiger partial charge in [-0.1, -0.05) is 18.2 Å². The number of rotatable bonds is 4. The number of benzene rings is 2. The van der Waals surface area contributed by atoms with Crippen molar-refractivity contribution in [2.45, 2.75) is 6.42 Å². The Morgan fingerprint density at radius 1 is 1.10 bits per heavy atom. The molecule has 0 radical (unpaired) electrons. The van der Waals surface area contributed by atoms with E-state index < -0.39 is 0 Å². The summed E-state index contributed by atoms with van der Waals surface area (Å²) in [5.41, 5.74) is 4.74. The van der Waals surface area contributed by atoms with E-state index in [1.165, 1.54) is 10.9 Å². The van der Waals surface area contributed by atoms with Crippen LogP contribution in [0.15, 0.2) is 79.6 Å². The van der Waals surface area contributed by atoms with Crippen LogP contribution in [0.25, 0.3) is 16.5 Å². The van der Waals surface area contributed by atoms with Gasteiger partial charge in [-0.2, -0.15) is 0 Å². The zero-order valence-electron chi connectivity index (χ0n) is 15.9. The number of fused-ring (bicyclic) bond motifs is 3. The molecule has 0 saturated heterocycles. The van der Waals surface area contributed by atoms with E-state index in [1.807, 2.05) is 48.5 Å². The van der Waals surface area contributed by atoms with Gasteiger partial charge in [0.25, 0.3) is 5.91 Å². The fourth-order valence-electron chi connectivity index (χ4n) is 3.53. The normalized spacial score (nSPS) is 14.0. The molecule has 146 valence electrons. The number of carbonyl (C=O) groups is 2. The summed E-state index contributed by atoms with van der Waals surface area (Å²) in [6.45, 7) is 0. The Bertz CT molecular complexity index is 1290. The third-order valence-electron chi connectivity index (χ3n) is 5.03. The molecule has 5 rings (SSSR count). The van der Waals surface area contributed by atoms with Crippen LogP contribution in [0.4, 0.5) is 11.4 Å². The predicted octanol–water partition coefficient (Wildman–Crippen LogP) is 3.72. The van der Waals surface area contributed by atoms with Gasteiger partial charge < -0.3 is 10.6 Å². The number of amides is 1. The highest BCUT2D eigenvalue weighted by Crippen LogP contribution is 2.37. The Morgan fingerprint density at radius 3 is 2.77 bits per heavy atom. The van der Waals surface area contributed by atoms with Crippen LogP contribution >= 0.6 is 0 Å². The van der Waals surface area contributed by atoms with Gasteiger partial charge in [0.05, 0.1) is 17.5 Å². The highest BCUT2D eigenvalue weighted by molar-refractivity contribution is 6.34. The molecule has 0 fully saturated rings. The average Bonchev–Trinajstić information content (AvgIpc) is 3.41. The summed E-state index contributed by atoms with van der Waals surface area (Å²) in [5.74, 6) is -0.202. The monoisotopic (exact) mass is 395 g/mol. The molecule has 2 aromatic heterocycles. The summed E-state index contributed by atoms with van der Waals surface area (Å²) in [4.78, 5) is 32.9. The predicted molar refractivity (Wildman–Crippen MR) is 115 cm³/mol. The molecule has 1 aliphatic heterocycles. The number of nitrogens with one attached hydrogen (secondary N) is 2. The van der Waals surface area contributed by atoms with Crippen molar-refractivity contribution < 1.29 is 9.59 Å². The first-order chi connectivity index (χ1) is 14.7. The van der Waals surface area contributed by atoms with Gasteiger partial charge in [0.2, 0.25) is 5.91 Å². The van der Waals surface area contributed by atoms with Crippen LogP contribution in [0.2, 0.25) is 0 Å². The van der Waals surface area contributed by atoms with Crippen LogP contribution in [-0.4, -0.2) is 26.3 Å². The molecule has 1 aliphatic rings. The zero-order valence-corrected chi connectivity index (χ0v) is 15.9. The van der Waals surface area contributed by atoms with Crippen molar-refractivity contribution in [2.24, 2.45) is 0 Å². The minimum Gasteiger partial charge on any atom is -0.361 e. The molecule has 0 spiro atoms. The van der Waals surface area contributed by atoms with Gasteiger partial charge in [-0.15, -0.1) is 0 Å². The molecule has 0 saturated carbocycles. The van der Waals surface area contributed by atoms with Crippen molar-refractivity contribution in [3.8, 4) is 0 Å². The third kappa shape index (κ3) is 3.22. The number of pyridine rings is 1. The fourth-order valence-corrected chi connectivity index (χ4v) is 3.53. The number of anilines is 2. The van der Waals surface area contributed by atoms with Crippen molar-refractivity contribution in [1.29, 1.82) is 0 Å². The average molecular weight is 395 g/mol. The number of carbonyl (C=O) groups excluding carboxylic acids is 2. The van der Waals surface area contributed by atoms with E-state index >= 15 is 0 Å². The van der Waals surface area contributed by atoms with E-state index in [-0.39, 0.29) is 18.2 Å². The summed E-state index contributed by atoms with van der Waals surface area (Å²) >= 11 is 0. The summed E-state index contributed by atoms with van der Waals surface area (Å²) in [6, 6.07) is 15.1. The number of imidazole rings is 1. The van der Waals surface area contributed by atoms with Gasteiger partial charge in [-0.05, 0) is 35.9 Å². The van der Waals surface area contributed by atoms with Crippen LogP contribution in [0.5, 0.6) is 0 Å². The number of hydrogen-bond donors (Lipinski definition) is 2. The zero-order chi connectivity index (χ0) is 20.5. The number of aromatic nitrogens is 3. The highest BCUT2D eigenvalue weighted by Gasteiger charge is 2.26. The number of nitrogens with zero attached hydrogens (tertiary/aromatic N) is 3. The number of hydrogen-bond acceptors (Lipinski definition) is 5. The van der Waals surface area contributed by atoms with Crippen molar-refractivity contribution in [3.05, 3.63) is 90.8 Å². The summed E-state index contributed by atoms with van der Waals surface area (Å²) in [6.07, 6.45) is 8.43. The molecule has 30 heavy (non-hydrogen) atoms. The lowest BCUT2D eigenvalue weighted by Crippen LogP contribution is -2.11. The van der Waals surface area contributed by atoms with E-state index in [2.05, 4.69) is 20.6 Å². The van der Waals surface area contributed by atoms with Crippen molar-refractivity contribution >= 4 is 39.7 Å². The summed E-state index contributed by atoms with van der Waals surface area (Å²) in [5, 5.41) is 7.01. The molecular weight excluding hydrogens is 378 g/mol. The van der Waals surface area contributed by atoms with Crippen LogP contribution < -0.4 is 10.6 Å². The topological polar surface area (TPSA) is 88.9 Å². The molecule has 7 nitrogen and oxygen atoms in total. The molecule has 7 heteroatoms. The Morgan fingerprint density at radius 2 is 1.97 bits per heavy atom. The van der Waals surface area contributed by atoms with Crippen molar-refractivity contribution in [2.75, 3.05) is 10.6 Å². The fraction of sp³-hybridized carbons (Fsp3) is 0.0435. The third-order valence-corrected chi connectivity index (χ3v) is 5.03. The Hall–Kier alpha value is -4.26. The second-order valence-electron chi connectivity index (χ2n) is 6.95. The van der Waals surface area contributed by atoms with E-state index in [1.54, 1.807) is 24.8 Å². The van der Waals surface area contributed by atoms with E-state index in [4.69, 9.17) is 0 Å². The molecule has 3 heterocycles. The smallest absolute Gasteiger partial charge is 0.257 e. The quantitative estimate of drug-likeness (QED) is 0.514. The lowest BCUT2D eigenvalue weighted by atomic mass is 10.0. The lowest BCUT2D eigenvalue weighted by Gasteiger charge is -2.07. The minimum absolute atomic E-state index is 0.0463. The Labute approximate surface area is 172 Å². The van der Waals surface area contributed by atoms with Crippen LogP contribution in [-0.2, 0) is 11.2 Å². The van der Waals surface area contributed by atoms with Gasteiger partial charge in [0.1, 0.15) is 6.33 Å². The van der Waals surface area contributed by atoms with E-state index in [0.29, 0.717) is 5.57 Å². The van der Waals surface area contributed by atoms with Crippen LogP contribution in [0.1, 0.15) is 15.9 Å². The molecule has 0 bridgehead atoms. The molecule has 2 aromatic carbocycles. The molecule has 0 unspecified atom stereocenters. The standard InChI is InChI=1S/C23H17N5O2/c29-21(28-11-10-24-14-28)12-15-3-5-16(6-4-15)26-13-18-22-17-2-1-9-25-19(17)7-8-20(22)27-23(18)30/h1-11,13-14,26H,12H2,(H,27,30)/b18-13-.